The van der Waals surface area contributed by atoms with Crippen LogP contribution in [0.3, 0.4) is 0 Å². The number of hydrogen-bond donors (Lipinski definition) is 2. The van der Waals surface area contributed by atoms with E-state index in [2.05, 4.69) is 10.6 Å². The second kappa shape index (κ2) is 8.75. The molecule has 0 aliphatic carbocycles. The van der Waals surface area contributed by atoms with Crippen molar-refractivity contribution in [3.63, 3.8) is 0 Å². The number of halogens is 1. The first-order chi connectivity index (χ1) is 13.0. The van der Waals surface area contributed by atoms with Crippen molar-refractivity contribution in [2.24, 2.45) is 0 Å². The lowest BCUT2D eigenvalue weighted by Crippen LogP contribution is -2.28. The van der Waals surface area contributed by atoms with Crippen molar-refractivity contribution < 1.29 is 19.1 Å². The first kappa shape index (κ1) is 19.0. The molecule has 0 atom stereocenters. The van der Waals surface area contributed by atoms with Gasteiger partial charge in [-0.05, 0) is 53.2 Å². The first-order valence-electron chi connectivity index (χ1n) is 7.98. The van der Waals surface area contributed by atoms with Crippen LogP contribution >= 0.6 is 23.4 Å². The van der Waals surface area contributed by atoms with Crippen molar-refractivity contribution in [2.75, 3.05) is 6.61 Å². The molecule has 2 N–H and O–H groups in total. The summed E-state index contributed by atoms with van der Waals surface area (Å²) in [5, 5.41) is 5.21. The molecular weight excluding hydrogens is 388 g/mol. The molecule has 2 aromatic carbocycles. The van der Waals surface area contributed by atoms with Crippen LogP contribution in [0.5, 0.6) is 5.75 Å². The number of hydrogen-bond acceptors (Lipinski definition) is 5. The lowest BCUT2D eigenvalue weighted by atomic mass is 10.2. The van der Waals surface area contributed by atoms with Crippen molar-refractivity contribution in [1.29, 1.82) is 0 Å². The molecule has 0 spiro atoms. The maximum Gasteiger partial charge on any atom is 0.290 e. The molecule has 1 saturated heterocycles. The molecule has 2 aromatic rings. The number of ether oxygens (including phenoxy) is 1. The number of rotatable bonds is 6. The summed E-state index contributed by atoms with van der Waals surface area (Å²) in [4.78, 5) is 35.0. The Morgan fingerprint density at radius 2 is 1.96 bits per heavy atom. The summed E-state index contributed by atoms with van der Waals surface area (Å²) in [5.74, 6) is -0.191. The second-order valence-electron chi connectivity index (χ2n) is 5.62. The summed E-state index contributed by atoms with van der Waals surface area (Å²) in [6, 6.07) is 14.1. The fourth-order valence-electron chi connectivity index (χ4n) is 2.27. The summed E-state index contributed by atoms with van der Waals surface area (Å²) >= 11 is 6.67. The van der Waals surface area contributed by atoms with Crippen LogP contribution in [0, 0.1) is 0 Å². The topological polar surface area (TPSA) is 84.5 Å². The quantitative estimate of drug-likeness (QED) is 0.724. The van der Waals surface area contributed by atoms with Gasteiger partial charge in [0, 0.05) is 11.6 Å². The number of nitrogens with one attached hydrogen (secondary N) is 2. The molecule has 1 aliphatic rings. The van der Waals surface area contributed by atoms with E-state index in [-0.39, 0.29) is 12.5 Å². The van der Waals surface area contributed by atoms with E-state index < -0.39 is 11.1 Å². The van der Waals surface area contributed by atoms with Crippen LogP contribution in [0.1, 0.15) is 11.1 Å². The van der Waals surface area contributed by atoms with Crippen molar-refractivity contribution >= 4 is 46.5 Å². The van der Waals surface area contributed by atoms with E-state index in [9.17, 15) is 14.4 Å². The molecule has 0 saturated carbocycles. The normalized spacial score (nSPS) is 14.9. The molecular formula is C19H15ClN2O4S. The first-order valence-corrected chi connectivity index (χ1v) is 9.18. The van der Waals surface area contributed by atoms with Crippen LogP contribution in [0.25, 0.3) is 6.08 Å². The number of carbonyl (C=O) groups is 3. The van der Waals surface area contributed by atoms with Crippen LogP contribution in [-0.4, -0.2) is 23.7 Å². The highest BCUT2D eigenvalue weighted by Gasteiger charge is 2.24. The molecule has 1 aliphatic heterocycles. The molecule has 0 radical (unpaired) electrons. The molecule has 1 fully saturated rings. The van der Waals surface area contributed by atoms with Crippen molar-refractivity contribution in [1.82, 2.24) is 10.6 Å². The van der Waals surface area contributed by atoms with Crippen LogP contribution in [0.15, 0.2) is 53.4 Å². The number of carbonyl (C=O) groups excluding carboxylic acids is 3. The third kappa shape index (κ3) is 5.60. The molecule has 3 amide bonds. The van der Waals surface area contributed by atoms with E-state index >= 15 is 0 Å². The average Bonchev–Trinajstić information content (AvgIpc) is 2.97. The van der Waals surface area contributed by atoms with Crippen LogP contribution < -0.4 is 15.4 Å². The molecule has 1 heterocycles. The van der Waals surface area contributed by atoms with Gasteiger partial charge in [-0.25, -0.2) is 0 Å². The summed E-state index contributed by atoms with van der Waals surface area (Å²) in [6.07, 6.45) is 1.60. The molecule has 0 unspecified atom stereocenters. The molecule has 6 nitrogen and oxygen atoms in total. The standard InChI is InChI=1S/C19H15ClN2O4S/c20-14-6-4-12(5-7-14)10-21-17(23)11-26-15-3-1-2-13(8-15)9-16-18(24)22-19(25)27-16/h1-9H,10-11H2,(H,21,23)(H,22,24,25)/b16-9-. The Hall–Kier alpha value is -2.77. The van der Waals surface area contributed by atoms with Gasteiger partial charge in [0.25, 0.3) is 17.1 Å². The van der Waals surface area contributed by atoms with E-state index in [1.807, 2.05) is 12.1 Å². The summed E-state index contributed by atoms with van der Waals surface area (Å²) in [5.41, 5.74) is 1.63. The van der Waals surface area contributed by atoms with E-state index in [1.54, 1.807) is 42.5 Å². The van der Waals surface area contributed by atoms with Crippen LogP contribution in [0.2, 0.25) is 5.02 Å². The molecule has 138 valence electrons. The zero-order chi connectivity index (χ0) is 19.2. The molecule has 0 aromatic heterocycles. The van der Waals surface area contributed by atoms with E-state index in [1.165, 1.54) is 0 Å². The Labute approximate surface area is 164 Å². The Morgan fingerprint density at radius 1 is 1.19 bits per heavy atom. The van der Waals surface area contributed by atoms with Crippen LogP contribution in [-0.2, 0) is 16.1 Å². The number of benzene rings is 2. The molecule has 0 bridgehead atoms. The minimum Gasteiger partial charge on any atom is -0.484 e. The highest BCUT2D eigenvalue weighted by molar-refractivity contribution is 8.18. The predicted molar refractivity (Wildman–Crippen MR) is 104 cm³/mol. The Kier molecular flexibility index (Phi) is 6.16. The van der Waals surface area contributed by atoms with Gasteiger partial charge in [-0.1, -0.05) is 35.9 Å². The van der Waals surface area contributed by atoms with Gasteiger partial charge in [-0.2, -0.15) is 0 Å². The average molecular weight is 403 g/mol. The maximum atomic E-state index is 11.9. The largest absolute Gasteiger partial charge is 0.484 e. The second-order valence-corrected chi connectivity index (χ2v) is 7.07. The Morgan fingerprint density at radius 3 is 2.67 bits per heavy atom. The van der Waals surface area contributed by atoms with Crippen LogP contribution in [0.4, 0.5) is 4.79 Å². The van der Waals surface area contributed by atoms with Crippen molar-refractivity contribution in [2.45, 2.75) is 6.54 Å². The monoisotopic (exact) mass is 402 g/mol. The zero-order valence-corrected chi connectivity index (χ0v) is 15.6. The fourth-order valence-corrected chi connectivity index (χ4v) is 3.08. The molecule has 3 rings (SSSR count). The zero-order valence-electron chi connectivity index (χ0n) is 14.0. The third-order valence-corrected chi connectivity index (χ3v) is 4.63. The van der Waals surface area contributed by atoms with Gasteiger partial charge in [-0.3, -0.25) is 19.7 Å². The molecule has 8 heteroatoms. The SMILES string of the molecule is O=C(COc1cccc(/C=C2\SC(=O)NC2=O)c1)NCc1ccc(Cl)cc1. The highest BCUT2D eigenvalue weighted by atomic mass is 35.5. The van der Waals surface area contributed by atoms with Gasteiger partial charge in [-0.15, -0.1) is 0 Å². The van der Waals surface area contributed by atoms with E-state index in [0.717, 1.165) is 17.3 Å². The van der Waals surface area contributed by atoms with Gasteiger partial charge < -0.3 is 10.1 Å². The van der Waals surface area contributed by atoms with Gasteiger partial charge in [0.15, 0.2) is 6.61 Å². The van der Waals surface area contributed by atoms with E-state index in [0.29, 0.717) is 27.8 Å². The number of imide groups is 1. The van der Waals surface area contributed by atoms with Crippen molar-refractivity contribution in [3.05, 3.63) is 69.6 Å². The maximum absolute atomic E-state index is 11.9. The van der Waals surface area contributed by atoms with Gasteiger partial charge in [0.05, 0.1) is 4.91 Å². The smallest absolute Gasteiger partial charge is 0.290 e. The summed E-state index contributed by atoms with van der Waals surface area (Å²) in [7, 11) is 0. The van der Waals surface area contributed by atoms with Gasteiger partial charge >= 0.3 is 0 Å². The highest BCUT2D eigenvalue weighted by Crippen LogP contribution is 2.26. The number of amides is 3. The lowest BCUT2D eigenvalue weighted by Gasteiger charge is -2.08. The summed E-state index contributed by atoms with van der Waals surface area (Å²) in [6.45, 7) is 0.243. The predicted octanol–water partition coefficient (Wildman–Crippen LogP) is 3.36. The number of thioether (sulfide) groups is 1. The fraction of sp³-hybridized carbons (Fsp3) is 0.105. The van der Waals surface area contributed by atoms with Gasteiger partial charge in [0.1, 0.15) is 5.75 Å². The Balaban J connectivity index is 1.53. The minimum atomic E-state index is -0.419. The van der Waals surface area contributed by atoms with Crippen molar-refractivity contribution in [3.8, 4) is 5.75 Å². The Bertz CT molecular complexity index is 912. The summed E-state index contributed by atoms with van der Waals surface area (Å²) < 4.78 is 5.49. The van der Waals surface area contributed by atoms with E-state index in [4.69, 9.17) is 16.3 Å². The molecule has 27 heavy (non-hydrogen) atoms. The lowest BCUT2D eigenvalue weighted by molar-refractivity contribution is -0.123. The van der Waals surface area contributed by atoms with Gasteiger partial charge in [0.2, 0.25) is 0 Å². The minimum absolute atomic E-state index is 0.138. The third-order valence-electron chi connectivity index (χ3n) is 3.57.